The number of morpholine rings is 1. The van der Waals surface area contributed by atoms with Gasteiger partial charge in [0.05, 0.1) is 26.0 Å². The van der Waals surface area contributed by atoms with E-state index in [1.165, 1.54) is 0 Å². The first kappa shape index (κ1) is 20.8. The number of benzene rings is 1. The number of ether oxygens (including phenoxy) is 2. The Hall–Kier alpha value is -3.45. The zero-order valence-electron chi connectivity index (χ0n) is 17.6. The van der Waals surface area contributed by atoms with Gasteiger partial charge in [0.25, 0.3) is 5.91 Å². The molecule has 0 radical (unpaired) electrons. The van der Waals surface area contributed by atoms with Crippen molar-refractivity contribution in [1.82, 2.24) is 15.3 Å². The van der Waals surface area contributed by atoms with Crippen LogP contribution in [-0.4, -0.2) is 55.8 Å². The minimum absolute atomic E-state index is 0.116. The van der Waals surface area contributed by atoms with E-state index in [2.05, 4.69) is 20.2 Å². The molecule has 0 saturated carbocycles. The molecule has 3 heterocycles. The van der Waals surface area contributed by atoms with E-state index in [1.54, 1.807) is 31.6 Å². The molecule has 0 atom stereocenters. The lowest BCUT2D eigenvalue weighted by atomic mass is 10.1. The minimum atomic E-state index is -0.116. The normalized spacial score (nSPS) is 13.6. The smallest absolute Gasteiger partial charge is 0.251 e. The number of hydrogen-bond donors (Lipinski definition) is 1. The summed E-state index contributed by atoms with van der Waals surface area (Å²) in [5, 5.41) is 2.97. The van der Waals surface area contributed by atoms with Crippen molar-refractivity contribution in [3.8, 4) is 17.0 Å². The summed E-state index contributed by atoms with van der Waals surface area (Å²) in [7, 11) is 1.65. The second-order valence-electron chi connectivity index (χ2n) is 7.29. The van der Waals surface area contributed by atoms with Crippen molar-refractivity contribution in [2.24, 2.45) is 0 Å². The van der Waals surface area contributed by atoms with Crippen LogP contribution in [0, 0.1) is 0 Å². The van der Waals surface area contributed by atoms with E-state index in [4.69, 9.17) is 9.47 Å². The van der Waals surface area contributed by atoms with Crippen molar-refractivity contribution in [1.29, 1.82) is 0 Å². The molecule has 0 aliphatic carbocycles. The molecule has 31 heavy (non-hydrogen) atoms. The van der Waals surface area contributed by atoms with Crippen molar-refractivity contribution < 1.29 is 14.3 Å². The molecule has 4 rings (SSSR count). The Balaban J connectivity index is 1.36. The SMILES string of the molecule is COc1ccc(CCNC(=O)c2ccnc(-c3ccc(N4CCOCC4)nc3)c2)cc1. The highest BCUT2D eigenvalue weighted by Crippen LogP contribution is 2.20. The van der Waals surface area contributed by atoms with Crippen molar-refractivity contribution in [3.05, 3.63) is 72.1 Å². The lowest BCUT2D eigenvalue weighted by Gasteiger charge is -2.27. The van der Waals surface area contributed by atoms with Gasteiger partial charge < -0.3 is 19.7 Å². The number of nitrogens with zero attached hydrogens (tertiary/aromatic N) is 3. The summed E-state index contributed by atoms with van der Waals surface area (Å²) in [6.45, 7) is 3.69. The van der Waals surface area contributed by atoms with Gasteiger partial charge in [-0.1, -0.05) is 12.1 Å². The number of amides is 1. The Bertz CT molecular complexity index is 1000. The van der Waals surface area contributed by atoms with Gasteiger partial charge in [0.15, 0.2) is 0 Å². The van der Waals surface area contributed by atoms with Crippen molar-refractivity contribution >= 4 is 11.7 Å². The summed E-state index contributed by atoms with van der Waals surface area (Å²) in [4.78, 5) is 23.8. The number of carbonyl (C=O) groups is 1. The second-order valence-corrected chi connectivity index (χ2v) is 7.29. The predicted octanol–water partition coefficient (Wildman–Crippen LogP) is 2.96. The first-order chi connectivity index (χ1) is 15.2. The summed E-state index contributed by atoms with van der Waals surface area (Å²) in [6.07, 6.45) is 4.21. The summed E-state index contributed by atoms with van der Waals surface area (Å²) < 4.78 is 10.6. The number of hydrogen-bond acceptors (Lipinski definition) is 6. The first-order valence-electron chi connectivity index (χ1n) is 10.4. The Labute approximate surface area is 182 Å². The van der Waals surface area contributed by atoms with Gasteiger partial charge in [0.1, 0.15) is 11.6 Å². The monoisotopic (exact) mass is 418 g/mol. The predicted molar refractivity (Wildman–Crippen MR) is 120 cm³/mol. The van der Waals surface area contributed by atoms with Crippen LogP contribution in [0.5, 0.6) is 5.75 Å². The number of nitrogens with one attached hydrogen (secondary N) is 1. The van der Waals surface area contributed by atoms with Crippen LogP contribution in [0.25, 0.3) is 11.3 Å². The maximum Gasteiger partial charge on any atom is 0.251 e. The maximum absolute atomic E-state index is 12.6. The molecule has 0 spiro atoms. The number of aromatic nitrogens is 2. The Kier molecular flexibility index (Phi) is 6.74. The van der Waals surface area contributed by atoms with Gasteiger partial charge in [0.2, 0.25) is 0 Å². The highest BCUT2D eigenvalue weighted by molar-refractivity contribution is 5.95. The van der Waals surface area contributed by atoms with Crippen LogP contribution in [0.3, 0.4) is 0 Å². The summed E-state index contributed by atoms with van der Waals surface area (Å²) in [5.41, 5.74) is 3.33. The molecule has 160 valence electrons. The topological polar surface area (TPSA) is 76.6 Å². The van der Waals surface area contributed by atoms with Crippen LogP contribution >= 0.6 is 0 Å². The average Bonchev–Trinajstić information content (AvgIpc) is 2.85. The molecule has 3 aromatic rings. The van der Waals surface area contributed by atoms with E-state index in [1.807, 2.05) is 36.4 Å². The summed E-state index contributed by atoms with van der Waals surface area (Å²) in [6, 6.07) is 15.4. The second kappa shape index (κ2) is 10.0. The highest BCUT2D eigenvalue weighted by Gasteiger charge is 2.13. The lowest BCUT2D eigenvalue weighted by Crippen LogP contribution is -2.36. The van der Waals surface area contributed by atoms with Gasteiger partial charge >= 0.3 is 0 Å². The standard InChI is InChI=1S/C24H26N4O3/c1-30-21-5-2-18(3-6-21)8-10-26-24(29)19-9-11-25-22(16-19)20-4-7-23(27-17-20)28-12-14-31-15-13-28/h2-7,9,11,16-17H,8,10,12-15H2,1H3,(H,26,29). The van der Waals surface area contributed by atoms with E-state index in [-0.39, 0.29) is 5.91 Å². The number of rotatable bonds is 7. The molecular weight excluding hydrogens is 392 g/mol. The molecule has 2 aromatic heterocycles. The third kappa shape index (κ3) is 5.38. The van der Waals surface area contributed by atoms with Crippen LogP contribution in [-0.2, 0) is 11.2 Å². The molecule has 1 saturated heterocycles. The molecule has 1 N–H and O–H groups in total. The molecule has 7 heteroatoms. The number of methoxy groups -OCH3 is 1. The van der Waals surface area contributed by atoms with Crippen molar-refractivity contribution in [2.75, 3.05) is 44.9 Å². The zero-order valence-corrected chi connectivity index (χ0v) is 17.6. The van der Waals surface area contributed by atoms with Gasteiger partial charge in [-0.2, -0.15) is 0 Å². The minimum Gasteiger partial charge on any atom is -0.497 e. The van der Waals surface area contributed by atoms with Crippen LogP contribution in [0.4, 0.5) is 5.82 Å². The van der Waals surface area contributed by atoms with Gasteiger partial charge in [0, 0.05) is 43.2 Å². The van der Waals surface area contributed by atoms with E-state index in [0.717, 1.165) is 61.1 Å². The lowest BCUT2D eigenvalue weighted by molar-refractivity contribution is 0.0954. The molecule has 0 bridgehead atoms. The van der Waals surface area contributed by atoms with Crippen molar-refractivity contribution in [3.63, 3.8) is 0 Å². The molecule has 1 aliphatic rings. The number of carbonyl (C=O) groups excluding carboxylic acids is 1. The molecule has 7 nitrogen and oxygen atoms in total. The fraction of sp³-hybridized carbons (Fsp3) is 0.292. The molecule has 1 aliphatic heterocycles. The van der Waals surface area contributed by atoms with Gasteiger partial charge in [-0.3, -0.25) is 9.78 Å². The summed E-state index contributed by atoms with van der Waals surface area (Å²) >= 11 is 0. The average molecular weight is 418 g/mol. The first-order valence-corrected chi connectivity index (χ1v) is 10.4. The van der Waals surface area contributed by atoms with E-state index >= 15 is 0 Å². The molecule has 1 fully saturated rings. The van der Waals surface area contributed by atoms with Gasteiger partial charge in [-0.05, 0) is 48.4 Å². The van der Waals surface area contributed by atoms with E-state index in [0.29, 0.717) is 12.1 Å². The number of pyridine rings is 2. The molecule has 1 amide bonds. The molecule has 0 unspecified atom stereocenters. The van der Waals surface area contributed by atoms with Crippen molar-refractivity contribution in [2.45, 2.75) is 6.42 Å². The molecular formula is C24H26N4O3. The Morgan fingerprint density at radius 2 is 1.90 bits per heavy atom. The highest BCUT2D eigenvalue weighted by atomic mass is 16.5. The summed E-state index contributed by atoms with van der Waals surface area (Å²) in [5.74, 6) is 1.64. The Morgan fingerprint density at radius 3 is 2.61 bits per heavy atom. The molecule has 1 aromatic carbocycles. The van der Waals surface area contributed by atoms with E-state index < -0.39 is 0 Å². The third-order valence-electron chi connectivity index (χ3n) is 5.26. The van der Waals surface area contributed by atoms with Crippen LogP contribution in [0.2, 0.25) is 0 Å². The Morgan fingerprint density at radius 1 is 1.10 bits per heavy atom. The van der Waals surface area contributed by atoms with E-state index in [9.17, 15) is 4.79 Å². The van der Waals surface area contributed by atoms with Gasteiger partial charge in [-0.15, -0.1) is 0 Å². The fourth-order valence-electron chi connectivity index (χ4n) is 3.46. The van der Waals surface area contributed by atoms with Crippen LogP contribution in [0.1, 0.15) is 15.9 Å². The van der Waals surface area contributed by atoms with Crippen LogP contribution in [0.15, 0.2) is 60.9 Å². The van der Waals surface area contributed by atoms with Gasteiger partial charge in [-0.25, -0.2) is 4.98 Å². The largest absolute Gasteiger partial charge is 0.497 e. The zero-order chi connectivity index (χ0) is 21.5. The number of anilines is 1. The maximum atomic E-state index is 12.6. The van der Waals surface area contributed by atoms with Crippen LogP contribution < -0.4 is 15.0 Å². The third-order valence-corrected chi connectivity index (χ3v) is 5.26. The fourth-order valence-corrected chi connectivity index (χ4v) is 3.46. The quantitative estimate of drug-likeness (QED) is 0.636.